The summed E-state index contributed by atoms with van der Waals surface area (Å²) < 4.78 is 2.09. The summed E-state index contributed by atoms with van der Waals surface area (Å²) in [7, 11) is 2.11. The van der Waals surface area contributed by atoms with Gasteiger partial charge < -0.3 is 14.6 Å². The summed E-state index contributed by atoms with van der Waals surface area (Å²) >= 11 is 1.24. The summed E-state index contributed by atoms with van der Waals surface area (Å²) in [5.41, 5.74) is 0. The zero-order chi connectivity index (χ0) is 13.1. The molecule has 1 aromatic rings. The van der Waals surface area contributed by atoms with Gasteiger partial charge in [-0.05, 0) is 33.4 Å². The molecule has 0 amide bonds. The van der Waals surface area contributed by atoms with Gasteiger partial charge in [-0.2, -0.15) is 0 Å². The maximum absolute atomic E-state index is 10.6. The Labute approximate surface area is 110 Å². The number of aromatic nitrogens is 3. The number of aliphatic carboxylic acids is 1. The maximum Gasteiger partial charge on any atom is 0.313 e. The molecule has 1 atom stereocenters. The van der Waals surface area contributed by atoms with Gasteiger partial charge in [0.2, 0.25) is 0 Å². The van der Waals surface area contributed by atoms with E-state index in [0.717, 1.165) is 36.9 Å². The number of carboxylic acid groups (broad SMARTS) is 1. The molecule has 0 radical (unpaired) electrons. The maximum atomic E-state index is 10.6. The first-order chi connectivity index (χ1) is 8.58. The first kappa shape index (κ1) is 13.4. The van der Waals surface area contributed by atoms with Crippen molar-refractivity contribution in [2.45, 2.75) is 31.0 Å². The van der Waals surface area contributed by atoms with Gasteiger partial charge in [-0.15, -0.1) is 10.2 Å². The first-order valence-electron chi connectivity index (χ1n) is 6.02. The number of hydrogen-bond acceptors (Lipinski definition) is 5. The number of hydrogen-bond donors (Lipinski definition) is 1. The van der Waals surface area contributed by atoms with Gasteiger partial charge in [-0.3, -0.25) is 4.79 Å². The van der Waals surface area contributed by atoms with Gasteiger partial charge in [0.05, 0.1) is 11.8 Å². The molecule has 100 valence electrons. The van der Waals surface area contributed by atoms with Crippen LogP contribution in [0.3, 0.4) is 0 Å². The summed E-state index contributed by atoms with van der Waals surface area (Å²) in [6.45, 7) is 4.02. The van der Waals surface area contributed by atoms with Gasteiger partial charge in [0, 0.05) is 6.54 Å². The van der Waals surface area contributed by atoms with Crippen LogP contribution in [0.5, 0.6) is 0 Å². The number of aryl methyl sites for hydroxylation is 1. The number of likely N-dealkylation sites (tertiary alicyclic amines) is 1. The number of rotatable bonds is 4. The normalized spacial score (nSPS) is 21.1. The molecule has 2 heterocycles. The third kappa shape index (κ3) is 3.02. The Bertz CT molecular complexity index is 435. The van der Waals surface area contributed by atoms with E-state index >= 15 is 0 Å². The predicted octanol–water partition coefficient (Wildman–Crippen LogP) is 1.03. The van der Waals surface area contributed by atoms with E-state index < -0.39 is 5.97 Å². The molecule has 1 N–H and O–H groups in total. The molecule has 0 saturated carbocycles. The predicted molar refractivity (Wildman–Crippen MR) is 68.9 cm³/mol. The standard InChI is InChI=1S/C11H18N4O2S/c1-8-12-13-11(18-7-10(16)17)15(8)9-4-3-5-14(2)6-9/h9H,3-7H2,1-2H3,(H,16,17). The lowest BCUT2D eigenvalue weighted by Gasteiger charge is -2.31. The molecule has 1 aromatic heterocycles. The van der Waals surface area contributed by atoms with E-state index in [0.29, 0.717) is 6.04 Å². The molecule has 1 aliphatic rings. The highest BCUT2D eigenvalue weighted by Crippen LogP contribution is 2.27. The largest absolute Gasteiger partial charge is 0.481 e. The summed E-state index contributed by atoms with van der Waals surface area (Å²) in [5.74, 6) is 0.0666. The van der Waals surface area contributed by atoms with E-state index in [1.165, 1.54) is 11.8 Å². The van der Waals surface area contributed by atoms with Crippen molar-refractivity contribution >= 4 is 17.7 Å². The molecule has 1 fully saturated rings. The topological polar surface area (TPSA) is 71.2 Å². The fourth-order valence-electron chi connectivity index (χ4n) is 2.34. The number of carboxylic acids is 1. The molecule has 0 bridgehead atoms. The summed E-state index contributed by atoms with van der Waals surface area (Å²) in [5, 5.41) is 17.6. The third-order valence-electron chi connectivity index (χ3n) is 3.12. The van der Waals surface area contributed by atoms with E-state index in [9.17, 15) is 4.79 Å². The van der Waals surface area contributed by atoms with Crippen molar-refractivity contribution in [1.82, 2.24) is 19.7 Å². The van der Waals surface area contributed by atoms with Gasteiger partial charge in [0.25, 0.3) is 0 Å². The van der Waals surface area contributed by atoms with Crippen LogP contribution in [0.25, 0.3) is 0 Å². The lowest BCUT2D eigenvalue weighted by atomic mass is 10.1. The monoisotopic (exact) mass is 270 g/mol. The van der Waals surface area contributed by atoms with E-state index in [1.807, 2.05) is 6.92 Å². The van der Waals surface area contributed by atoms with Crippen molar-refractivity contribution in [2.24, 2.45) is 0 Å². The van der Waals surface area contributed by atoms with Crippen LogP contribution in [0.1, 0.15) is 24.7 Å². The van der Waals surface area contributed by atoms with Crippen molar-refractivity contribution < 1.29 is 9.90 Å². The second-order valence-electron chi connectivity index (χ2n) is 4.64. The molecule has 18 heavy (non-hydrogen) atoms. The molecule has 1 saturated heterocycles. The fourth-order valence-corrected chi connectivity index (χ4v) is 3.12. The fraction of sp³-hybridized carbons (Fsp3) is 0.727. The van der Waals surface area contributed by atoms with Crippen LogP contribution in [-0.2, 0) is 4.79 Å². The third-order valence-corrected chi connectivity index (χ3v) is 4.05. The quantitative estimate of drug-likeness (QED) is 0.824. The van der Waals surface area contributed by atoms with Crippen molar-refractivity contribution in [3.05, 3.63) is 5.82 Å². The Morgan fingerprint density at radius 1 is 1.56 bits per heavy atom. The number of likely N-dealkylation sites (N-methyl/N-ethyl adjacent to an activating group) is 1. The molecule has 0 spiro atoms. The van der Waals surface area contributed by atoms with Crippen molar-refractivity contribution in [3.63, 3.8) is 0 Å². The SMILES string of the molecule is Cc1nnc(SCC(=O)O)n1C1CCCN(C)C1. The van der Waals surface area contributed by atoms with Gasteiger partial charge in [-0.1, -0.05) is 11.8 Å². The summed E-state index contributed by atoms with van der Waals surface area (Å²) in [4.78, 5) is 12.9. The van der Waals surface area contributed by atoms with Crippen LogP contribution in [0.15, 0.2) is 5.16 Å². The molecular weight excluding hydrogens is 252 g/mol. The van der Waals surface area contributed by atoms with Gasteiger partial charge in [-0.25, -0.2) is 0 Å². The molecule has 1 aliphatic heterocycles. The lowest BCUT2D eigenvalue weighted by Crippen LogP contribution is -2.34. The first-order valence-corrected chi connectivity index (χ1v) is 7.01. The number of carbonyl (C=O) groups is 1. The van der Waals surface area contributed by atoms with Crippen LogP contribution < -0.4 is 0 Å². The highest BCUT2D eigenvalue weighted by molar-refractivity contribution is 7.99. The van der Waals surface area contributed by atoms with Crippen LogP contribution in [-0.4, -0.2) is 56.6 Å². The van der Waals surface area contributed by atoms with E-state index in [1.54, 1.807) is 0 Å². The second-order valence-corrected chi connectivity index (χ2v) is 5.58. The molecule has 7 heteroatoms. The molecule has 6 nitrogen and oxygen atoms in total. The van der Waals surface area contributed by atoms with Crippen LogP contribution >= 0.6 is 11.8 Å². The average Bonchev–Trinajstić information content (AvgIpc) is 2.68. The zero-order valence-corrected chi connectivity index (χ0v) is 11.5. The molecule has 0 aliphatic carbocycles. The Morgan fingerprint density at radius 3 is 3.00 bits per heavy atom. The molecule has 0 aromatic carbocycles. The highest BCUT2D eigenvalue weighted by Gasteiger charge is 2.23. The Kier molecular flexibility index (Phi) is 4.23. The Morgan fingerprint density at radius 2 is 2.33 bits per heavy atom. The van der Waals surface area contributed by atoms with E-state index in [4.69, 9.17) is 5.11 Å². The smallest absolute Gasteiger partial charge is 0.313 e. The van der Waals surface area contributed by atoms with Crippen molar-refractivity contribution in [1.29, 1.82) is 0 Å². The average molecular weight is 270 g/mol. The van der Waals surface area contributed by atoms with E-state index in [-0.39, 0.29) is 5.75 Å². The molecular formula is C11H18N4O2S. The lowest BCUT2D eigenvalue weighted by molar-refractivity contribution is -0.133. The van der Waals surface area contributed by atoms with Gasteiger partial charge >= 0.3 is 5.97 Å². The van der Waals surface area contributed by atoms with E-state index in [2.05, 4.69) is 26.7 Å². The number of thioether (sulfide) groups is 1. The number of nitrogens with zero attached hydrogens (tertiary/aromatic N) is 4. The van der Waals surface area contributed by atoms with Gasteiger partial charge in [0.1, 0.15) is 5.82 Å². The van der Waals surface area contributed by atoms with Crippen LogP contribution in [0, 0.1) is 6.92 Å². The zero-order valence-electron chi connectivity index (χ0n) is 10.7. The highest BCUT2D eigenvalue weighted by atomic mass is 32.2. The molecule has 2 rings (SSSR count). The summed E-state index contributed by atoms with van der Waals surface area (Å²) in [6.07, 6.45) is 2.26. The Balaban J connectivity index is 2.15. The second kappa shape index (κ2) is 5.71. The van der Waals surface area contributed by atoms with Crippen LogP contribution in [0.2, 0.25) is 0 Å². The van der Waals surface area contributed by atoms with Crippen molar-refractivity contribution in [3.8, 4) is 0 Å². The van der Waals surface area contributed by atoms with Crippen LogP contribution in [0.4, 0.5) is 0 Å². The number of piperidine rings is 1. The van der Waals surface area contributed by atoms with Gasteiger partial charge in [0.15, 0.2) is 5.16 Å². The minimum atomic E-state index is -0.826. The van der Waals surface area contributed by atoms with Crippen molar-refractivity contribution in [2.75, 3.05) is 25.9 Å². The minimum Gasteiger partial charge on any atom is -0.481 e. The Hall–Kier alpha value is -1.08. The molecule has 1 unspecified atom stereocenters. The minimum absolute atomic E-state index is 0.0285. The summed E-state index contributed by atoms with van der Waals surface area (Å²) in [6, 6.07) is 0.357.